The first-order valence-corrected chi connectivity index (χ1v) is 7.29. The van der Waals surface area contributed by atoms with Crippen LogP contribution in [0, 0.1) is 0 Å². The average Bonchev–Trinajstić information content (AvgIpc) is 2.52. The van der Waals surface area contributed by atoms with E-state index in [2.05, 4.69) is 85.9 Å². The van der Waals surface area contributed by atoms with Crippen molar-refractivity contribution >= 4 is 0 Å². The maximum Gasteiger partial charge on any atom is 0.0272 e. The molecular weight excluding hydrogens is 242 g/mol. The van der Waals surface area contributed by atoms with Crippen molar-refractivity contribution in [3.63, 3.8) is 0 Å². The Bertz CT molecular complexity index is 489. The van der Waals surface area contributed by atoms with Crippen molar-refractivity contribution in [2.75, 3.05) is 13.1 Å². The number of benzene rings is 2. The van der Waals surface area contributed by atoms with Gasteiger partial charge in [-0.25, -0.2) is 0 Å². The number of nitrogens with one attached hydrogen (secondary N) is 1. The monoisotopic (exact) mass is 265 g/mol. The summed E-state index contributed by atoms with van der Waals surface area (Å²) >= 11 is 0. The van der Waals surface area contributed by atoms with Gasteiger partial charge in [0.15, 0.2) is 0 Å². The second kappa shape index (κ2) is 7.66. The molecule has 0 aromatic heterocycles. The van der Waals surface area contributed by atoms with Gasteiger partial charge in [0, 0.05) is 12.5 Å². The number of likely N-dealkylation sites (N-methyl/N-ethyl adjacent to an activating group) is 1. The molecule has 0 spiro atoms. The summed E-state index contributed by atoms with van der Waals surface area (Å²) in [5.41, 5.74) is 4.06. The summed E-state index contributed by atoms with van der Waals surface area (Å²) in [4.78, 5) is 0. The fourth-order valence-corrected chi connectivity index (χ4v) is 2.37. The Balaban J connectivity index is 2.30. The van der Waals surface area contributed by atoms with E-state index in [1.807, 2.05) is 0 Å². The molecule has 0 aliphatic carbocycles. The molecule has 1 N–H and O–H groups in total. The van der Waals surface area contributed by atoms with Crippen LogP contribution in [-0.2, 0) is 0 Å². The molecule has 0 aliphatic heterocycles. The van der Waals surface area contributed by atoms with Crippen LogP contribution < -0.4 is 5.32 Å². The van der Waals surface area contributed by atoms with Gasteiger partial charge in [-0.1, -0.05) is 79.2 Å². The van der Waals surface area contributed by atoms with E-state index < -0.39 is 0 Å². The van der Waals surface area contributed by atoms with Crippen LogP contribution in [0.1, 0.15) is 30.9 Å². The van der Waals surface area contributed by atoms with E-state index >= 15 is 0 Å². The summed E-state index contributed by atoms with van der Waals surface area (Å²) < 4.78 is 0. The quantitative estimate of drug-likeness (QED) is 0.765. The van der Waals surface area contributed by atoms with Gasteiger partial charge < -0.3 is 5.32 Å². The molecule has 2 rings (SSSR count). The lowest BCUT2D eigenvalue weighted by Gasteiger charge is -2.16. The molecule has 104 valence electrons. The van der Waals surface area contributed by atoms with Crippen molar-refractivity contribution in [1.29, 1.82) is 0 Å². The maximum absolute atomic E-state index is 3.39. The van der Waals surface area contributed by atoms with Gasteiger partial charge >= 0.3 is 0 Å². The Labute approximate surface area is 122 Å². The van der Waals surface area contributed by atoms with Gasteiger partial charge in [0.1, 0.15) is 0 Å². The smallest absolute Gasteiger partial charge is 0.0272 e. The fraction of sp³-hybridized carbons (Fsp3) is 0.263. The highest BCUT2D eigenvalue weighted by Crippen LogP contribution is 2.26. The molecule has 1 heteroatoms. The van der Waals surface area contributed by atoms with Crippen LogP contribution in [0.3, 0.4) is 0 Å². The van der Waals surface area contributed by atoms with Gasteiger partial charge in [-0.15, -0.1) is 0 Å². The van der Waals surface area contributed by atoms with Crippen LogP contribution in [0.4, 0.5) is 0 Å². The van der Waals surface area contributed by atoms with Crippen molar-refractivity contribution in [3.05, 3.63) is 83.4 Å². The highest BCUT2D eigenvalue weighted by Gasteiger charge is 2.10. The van der Waals surface area contributed by atoms with Crippen LogP contribution in [0.5, 0.6) is 0 Å². The second-order valence-corrected chi connectivity index (χ2v) is 5.09. The van der Waals surface area contributed by atoms with E-state index in [-0.39, 0.29) is 0 Å². The molecule has 0 radical (unpaired) electrons. The van der Waals surface area contributed by atoms with E-state index in [1.54, 1.807) is 0 Å². The summed E-state index contributed by atoms with van der Waals surface area (Å²) in [5.74, 6) is 0.330. The van der Waals surface area contributed by atoms with Gasteiger partial charge in [0.05, 0.1) is 0 Å². The van der Waals surface area contributed by atoms with Gasteiger partial charge in [-0.05, 0) is 24.6 Å². The van der Waals surface area contributed by atoms with Crippen molar-refractivity contribution in [3.8, 4) is 0 Å². The molecule has 0 heterocycles. The molecule has 20 heavy (non-hydrogen) atoms. The number of hydrogen-bond acceptors (Lipinski definition) is 1. The maximum atomic E-state index is 3.39. The molecule has 1 nitrogen and oxygen atoms in total. The highest BCUT2D eigenvalue weighted by atomic mass is 14.8. The van der Waals surface area contributed by atoms with Crippen molar-refractivity contribution in [2.45, 2.75) is 19.8 Å². The van der Waals surface area contributed by atoms with E-state index in [9.17, 15) is 0 Å². The molecule has 0 saturated heterocycles. The third-order valence-corrected chi connectivity index (χ3v) is 3.42. The summed E-state index contributed by atoms with van der Waals surface area (Å²) in [6, 6.07) is 21.4. The first-order valence-electron chi connectivity index (χ1n) is 7.29. The molecule has 2 aromatic rings. The topological polar surface area (TPSA) is 12.0 Å². The van der Waals surface area contributed by atoms with Crippen molar-refractivity contribution in [2.24, 2.45) is 0 Å². The lowest BCUT2D eigenvalue weighted by molar-refractivity contribution is 0.770. The molecule has 0 aliphatic rings. The number of hydrogen-bond donors (Lipinski definition) is 1. The predicted molar refractivity (Wildman–Crippen MR) is 87.0 cm³/mol. The lowest BCUT2D eigenvalue weighted by atomic mass is 9.89. The summed E-state index contributed by atoms with van der Waals surface area (Å²) in [7, 11) is 0. The van der Waals surface area contributed by atoms with Gasteiger partial charge in [-0.3, -0.25) is 0 Å². The van der Waals surface area contributed by atoms with E-state index in [0.29, 0.717) is 5.92 Å². The lowest BCUT2D eigenvalue weighted by Crippen LogP contribution is -2.15. The Kier molecular flexibility index (Phi) is 5.57. The first-order chi connectivity index (χ1) is 9.81. The van der Waals surface area contributed by atoms with Crippen LogP contribution in [0.2, 0.25) is 0 Å². The number of allylic oxidation sites excluding steroid dienone is 1. The van der Waals surface area contributed by atoms with Crippen LogP contribution in [0.25, 0.3) is 0 Å². The normalized spacial score (nSPS) is 11.8. The molecule has 0 unspecified atom stereocenters. The minimum absolute atomic E-state index is 0.330. The summed E-state index contributed by atoms with van der Waals surface area (Å²) in [5, 5.41) is 3.39. The van der Waals surface area contributed by atoms with Gasteiger partial charge in [-0.2, -0.15) is 0 Å². The molecule has 0 saturated carbocycles. The summed E-state index contributed by atoms with van der Waals surface area (Å²) in [6.45, 7) is 6.29. The Hall–Kier alpha value is -1.86. The first kappa shape index (κ1) is 14.5. The van der Waals surface area contributed by atoms with Crippen LogP contribution in [-0.4, -0.2) is 13.1 Å². The summed E-state index contributed by atoms with van der Waals surface area (Å²) in [6.07, 6.45) is 2.37. The third kappa shape index (κ3) is 4.07. The van der Waals surface area contributed by atoms with Crippen LogP contribution >= 0.6 is 0 Å². The zero-order valence-electron chi connectivity index (χ0n) is 12.3. The van der Waals surface area contributed by atoms with Crippen molar-refractivity contribution in [1.82, 2.24) is 5.32 Å². The molecule has 0 atom stereocenters. The SMILES string of the molecule is CCNC/C(C)=C/C(c1ccccc1)c1ccccc1. The van der Waals surface area contributed by atoms with Crippen LogP contribution in [0.15, 0.2) is 72.3 Å². The third-order valence-electron chi connectivity index (χ3n) is 3.42. The Morgan fingerprint density at radius 2 is 1.45 bits per heavy atom. The van der Waals surface area contributed by atoms with Crippen molar-refractivity contribution < 1.29 is 0 Å². The minimum Gasteiger partial charge on any atom is -0.313 e. The Morgan fingerprint density at radius 3 is 1.90 bits per heavy atom. The zero-order chi connectivity index (χ0) is 14.2. The molecule has 0 fully saturated rings. The zero-order valence-corrected chi connectivity index (χ0v) is 12.3. The van der Waals surface area contributed by atoms with Gasteiger partial charge in [0.25, 0.3) is 0 Å². The molecule has 0 bridgehead atoms. The standard InChI is InChI=1S/C19H23N/c1-3-20-15-16(2)14-19(17-10-6-4-7-11-17)18-12-8-5-9-13-18/h4-14,19-20H,3,15H2,1-2H3/b16-14+. The largest absolute Gasteiger partial charge is 0.313 e. The number of rotatable bonds is 6. The van der Waals surface area contributed by atoms with E-state index in [4.69, 9.17) is 0 Å². The van der Waals surface area contributed by atoms with E-state index in [0.717, 1.165) is 13.1 Å². The second-order valence-electron chi connectivity index (χ2n) is 5.09. The van der Waals surface area contributed by atoms with Gasteiger partial charge in [0.2, 0.25) is 0 Å². The average molecular weight is 265 g/mol. The fourth-order valence-electron chi connectivity index (χ4n) is 2.37. The highest BCUT2D eigenvalue weighted by molar-refractivity contribution is 5.37. The molecule has 0 amide bonds. The predicted octanol–water partition coefficient (Wildman–Crippen LogP) is 4.37. The Morgan fingerprint density at radius 1 is 0.950 bits per heavy atom. The minimum atomic E-state index is 0.330. The van der Waals surface area contributed by atoms with E-state index in [1.165, 1.54) is 16.7 Å². The molecular formula is C19H23N. The molecule has 2 aromatic carbocycles.